The van der Waals surface area contributed by atoms with Crippen LogP contribution < -0.4 is 10.1 Å². The zero-order valence-electron chi connectivity index (χ0n) is 14.5. The standard InChI is InChI=1S/C18H29N3O2/c1-15(2)19-18(22)16(3)21-11-9-20(10-12-21)13-14-23-17-7-5-4-6-8-17/h4-8,15-16H,9-14H2,1-3H3,(H,19,22). The molecule has 2 rings (SSSR count). The number of benzene rings is 1. The smallest absolute Gasteiger partial charge is 0.237 e. The minimum absolute atomic E-state index is 0.0554. The summed E-state index contributed by atoms with van der Waals surface area (Å²) in [6.45, 7) is 11.4. The van der Waals surface area contributed by atoms with Crippen molar-refractivity contribution in [2.24, 2.45) is 0 Å². The van der Waals surface area contributed by atoms with E-state index in [4.69, 9.17) is 4.74 Å². The molecular weight excluding hydrogens is 290 g/mol. The lowest BCUT2D eigenvalue weighted by atomic mass is 10.2. The summed E-state index contributed by atoms with van der Waals surface area (Å²) in [7, 11) is 0. The molecule has 0 spiro atoms. The number of nitrogens with zero attached hydrogens (tertiary/aromatic N) is 2. The maximum absolute atomic E-state index is 12.1. The molecule has 5 nitrogen and oxygen atoms in total. The fourth-order valence-corrected chi connectivity index (χ4v) is 2.75. The summed E-state index contributed by atoms with van der Waals surface area (Å²) in [4.78, 5) is 16.7. The van der Waals surface area contributed by atoms with Gasteiger partial charge in [-0.3, -0.25) is 14.6 Å². The van der Waals surface area contributed by atoms with Crippen LogP contribution in [0.1, 0.15) is 20.8 Å². The van der Waals surface area contributed by atoms with Crippen molar-refractivity contribution in [2.45, 2.75) is 32.9 Å². The van der Waals surface area contributed by atoms with Gasteiger partial charge in [0.25, 0.3) is 0 Å². The number of para-hydroxylation sites is 1. The van der Waals surface area contributed by atoms with Gasteiger partial charge < -0.3 is 10.1 Å². The molecule has 0 radical (unpaired) electrons. The van der Waals surface area contributed by atoms with E-state index in [1.807, 2.05) is 51.1 Å². The number of rotatable bonds is 7. The minimum atomic E-state index is -0.0554. The van der Waals surface area contributed by atoms with Gasteiger partial charge in [-0.1, -0.05) is 18.2 Å². The highest BCUT2D eigenvalue weighted by Crippen LogP contribution is 2.10. The SMILES string of the molecule is CC(C)NC(=O)C(C)N1CCN(CCOc2ccccc2)CC1. The fraction of sp³-hybridized carbons (Fsp3) is 0.611. The van der Waals surface area contributed by atoms with Crippen molar-refractivity contribution in [1.82, 2.24) is 15.1 Å². The fourth-order valence-electron chi connectivity index (χ4n) is 2.75. The van der Waals surface area contributed by atoms with E-state index in [1.54, 1.807) is 0 Å². The molecule has 1 aliphatic rings. The van der Waals surface area contributed by atoms with E-state index in [1.165, 1.54) is 0 Å². The third-order valence-electron chi connectivity index (χ3n) is 4.18. The molecule has 1 N–H and O–H groups in total. The van der Waals surface area contributed by atoms with Crippen molar-refractivity contribution in [3.63, 3.8) is 0 Å². The van der Waals surface area contributed by atoms with Crippen LogP contribution in [0.25, 0.3) is 0 Å². The van der Waals surface area contributed by atoms with Gasteiger partial charge in [-0.25, -0.2) is 0 Å². The molecule has 0 bridgehead atoms. The predicted octanol–water partition coefficient (Wildman–Crippen LogP) is 1.60. The molecule has 23 heavy (non-hydrogen) atoms. The van der Waals surface area contributed by atoms with E-state index in [9.17, 15) is 4.79 Å². The topological polar surface area (TPSA) is 44.8 Å². The van der Waals surface area contributed by atoms with Crippen molar-refractivity contribution < 1.29 is 9.53 Å². The summed E-state index contributed by atoms with van der Waals surface area (Å²) in [6.07, 6.45) is 0. The first-order chi connectivity index (χ1) is 11.1. The van der Waals surface area contributed by atoms with Crippen LogP contribution in [-0.2, 0) is 4.79 Å². The molecule has 1 saturated heterocycles. The number of nitrogens with one attached hydrogen (secondary N) is 1. The predicted molar refractivity (Wildman–Crippen MR) is 92.7 cm³/mol. The zero-order chi connectivity index (χ0) is 16.7. The highest BCUT2D eigenvalue weighted by atomic mass is 16.5. The molecule has 128 valence electrons. The molecule has 0 saturated carbocycles. The van der Waals surface area contributed by atoms with Crippen LogP contribution in [0.2, 0.25) is 0 Å². The van der Waals surface area contributed by atoms with Gasteiger partial charge in [0, 0.05) is 38.8 Å². The maximum Gasteiger partial charge on any atom is 0.237 e. The van der Waals surface area contributed by atoms with Crippen LogP contribution in [0, 0.1) is 0 Å². The first kappa shape index (κ1) is 17.8. The van der Waals surface area contributed by atoms with Gasteiger partial charge in [0.15, 0.2) is 0 Å². The number of carbonyl (C=O) groups excluding carboxylic acids is 1. The Morgan fingerprint density at radius 2 is 1.78 bits per heavy atom. The van der Waals surface area contributed by atoms with E-state index in [0.717, 1.165) is 38.5 Å². The number of ether oxygens (including phenoxy) is 1. The molecule has 1 atom stereocenters. The second-order valence-corrected chi connectivity index (χ2v) is 6.38. The molecule has 1 aromatic carbocycles. The molecule has 1 fully saturated rings. The lowest BCUT2D eigenvalue weighted by molar-refractivity contribution is -0.127. The van der Waals surface area contributed by atoms with E-state index in [-0.39, 0.29) is 18.0 Å². The summed E-state index contributed by atoms with van der Waals surface area (Å²) >= 11 is 0. The van der Waals surface area contributed by atoms with E-state index in [2.05, 4.69) is 15.1 Å². The Morgan fingerprint density at radius 3 is 2.39 bits per heavy atom. The molecule has 1 heterocycles. The summed E-state index contributed by atoms with van der Waals surface area (Å²) in [5.41, 5.74) is 0. The Kier molecular flexibility index (Phi) is 6.86. The zero-order valence-corrected chi connectivity index (χ0v) is 14.5. The highest BCUT2D eigenvalue weighted by Gasteiger charge is 2.25. The van der Waals surface area contributed by atoms with Crippen LogP contribution in [0.3, 0.4) is 0 Å². The van der Waals surface area contributed by atoms with Crippen LogP contribution in [-0.4, -0.2) is 67.1 Å². The Labute approximate surface area is 139 Å². The van der Waals surface area contributed by atoms with Crippen molar-refractivity contribution in [2.75, 3.05) is 39.3 Å². The first-order valence-electron chi connectivity index (χ1n) is 8.51. The summed E-state index contributed by atoms with van der Waals surface area (Å²) in [5.74, 6) is 1.05. The Hall–Kier alpha value is -1.59. The van der Waals surface area contributed by atoms with E-state index >= 15 is 0 Å². The van der Waals surface area contributed by atoms with Gasteiger partial charge in [0.2, 0.25) is 5.91 Å². The van der Waals surface area contributed by atoms with Crippen molar-refractivity contribution in [3.8, 4) is 5.75 Å². The number of piperazine rings is 1. The highest BCUT2D eigenvalue weighted by molar-refractivity contribution is 5.81. The largest absolute Gasteiger partial charge is 0.492 e. The molecule has 1 aromatic rings. The van der Waals surface area contributed by atoms with Gasteiger partial charge >= 0.3 is 0 Å². The van der Waals surface area contributed by atoms with Gasteiger partial charge in [-0.2, -0.15) is 0 Å². The van der Waals surface area contributed by atoms with Crippen LogP contribution in [0.4, 0.5) is 0 Å². The Bertz CT molecular complexity index is 470. The lowest BCUT2D eigenvalue weighted by Crippen LogP contribution is -2.54. The Morgan fingerprint density at radius 1 is 1.13 bits per heavy atom. The van der Waals surface area contributed by atoms with Crippen LogP contribution in [0.5, 0.6) is 5.75 Å². The van der Waals surface area contributed by atoms with Gasteiger partial charge in [-0.15, -0.1) is 0 Å². The summed E-state index contributed by atoms with van der Waals surface area (Å²) < 4.78 is 5.75. The number of carbonyl (C=O) groups is 1. The number of hydrogen-bond donors (Lipinski definition) is 1. The van der Waals surface area contributed by atoms with Crippen molar-refractivity contribution in [3.05, 3.63) is 30.3 Å². The van der Waals surface area contributed by atoms with E-state index < -0.39 is 0 Å². The third kappa shape index (κ3) is 5.84. The lowest BCUT2D eigenvalue weighted by Gasteiger charge is -2.37. The molecule has 5 heteroatoms. The van der Waals surface area contributed by atoms with Gasteiger partial charge in [0.1, 0.15) is 12.4 Å². The second-order valence-electron chi connectivity index (χ2n) is 6.38. The average molecular weight is 319 g/mol. The molecular formula is C18H29N3O2. The monoisotopic (exact) mass is 319 g/mol. The molecule has 0 aliphatic carbocycles. The summed E-state index contributed by atoms with van der Waals surface area (Å²) in [6, 6.07) is 10.1. The quantitative estimate of drug-likeness (QED) is 0.829. The van der Waals surface area contributed by atoms with Crippen molar-refractivity contribution in [1.29, 1.82) is 0 Å². The minimum Gasteiger partial charge on any atom is -0.492 e. The third-order valence-corrected chi connectivity index (χ3v) is 4.18. The summed E-state index contributed by atoms with van der Waals surface area (Å²) in [5, 5.41) is 2.99. The normalized spacial score (nSPS) is 17.9. The number of amides is 1. The van der Waals surface area contributed by atoms with Crippen LogP contribution >= 0.6 is 0 Å². The van der Waals surface area contributed by atoms with Gasteiger partial charge in [-0.05, 0) is 32.9 Å². The van der Waals surface area contributed by atoms with Crippen LogP contribution in [0.15, 0.2) is 30.3 Å². The second kappa shape index (κ2) is 8.89. The molecule has 1 amide bonds. The van der Waals surface area contributed by atoms with Gasteiger partial charge in [0.05, 0.1) is 6.04 Å². The van der Waals surface area contributed by atoms with Crippen molar-refractivity contribution >= 4 is 5.91 Å². The first-order valence-corrected chi connectivity index (χ1v) is 8.51. The maximum atomic E-state index is 12.1. The Balaban J connectivity index is 1.66. The van der Waals surface area contributed by atoms with E-state index in [0.29, 0.717) is 6.61 Å². The molecule has 0 aromatic heterocycles. The average Bonchev–Trinajstić information content (AvgIpc) is 2.55. The molecule has 1 unspecified atom stereocenters. The molecule has 1 aliphatic heterocycles. The number of hydrogen-bond acceptors (Lipinski definition) is 4.